The molecule has 0 spiro atoms. The molecule has 9 nitrogen and oxygen atoms in total. The van der Waals surface area contributed by atoms with E-state index in [2.05, 4.69) is 19.9 Å². The number of rotatable bonds is 5. The van der Waals surface area contributed by atoms with E-state index in [1.807, 2.05) is 0 Å². The summed E-state index contributed by atoms with van der Waals surface area (Å²) in [5, 5.41) is 0. The fourth-order valence-electron chi connectivity index (χ4n) is 3.36. The third kappa shape index (κ3) is 3.76. The first-order chi connectivity index (χ1) is 14.1. The van der Waals surface area contributed by atoms with Crippen molar-refractivity contribution < 1.29 is 17.6 Å². The van der Waals surface area contributed by atoms with Gasteiger partial charge in [0, 0.05) is 24.9 Å². The average Bonchev–Trinajstić information content (AvgIpc) is 3.52. The summed E-state index contributed by atoms with van der Waals surface area (Å²) in [5.41, 5.74) is 5.39. The minimum Gasteiger partial charge on any atom is -0.369 e. The van der Waals surface area contributed by atoms with E-state index in [-0.39, 0.29) is 35.2 Å². The Morgan fingerprint density at radius 2 is 2.03 bits per heavy atom. The first-order valence-electron chi connectivity index (χ1n) is 9.42. The topological polar surface area (TPSA) is 132 Å². The molecular formula is C19H21FN6O3S. The normalized spacial score (nSPS) is 23.2. The van der Waals surface area contributed by atoms with Gasteiger partial charge in [0.25, 0.3) is 0 Å². The number of carbonyl (C=O) groups excluding carboxylic acids is 1. The van der Waals surface area contributed by atoms with Gasteiger partial charge in [-0.1, -0.05) is 0 Å². The molecule has 2 aromatic rings. The molecule has 3 heterocycles. The van der Waals surface area contributed by atoms with E-state index >= 15 is 0 Å². The Bertz CT molecular complexity index is 1150. The number of hydrogen-bond acceptors (Lipinski definition) is 8. The van der Waals surface area contributed by atoms with Gasteiger partial charge < -0.3 is 5.73 Å². The minimum atomic E-state index is -3.78. The van der Waals surface area contributed by atoms with Crippen molar-refractivity contribution in [1.29, 1.82) is 0 Å². The van der Waals surface area contributed by atoms with Crippen molar-refractivity contribution in [3.8, 4) is 0 Å². The highest BCUT2D eigenvalue weighted by Gasteiger charge is 2.43. The number of nitrogens with two attached hydrogens (primary N) is 1. The zero-order valence-corrected chi connectivity index (χ0v) is 17.4. The van der Waals surface area contributed by atoms with E-state index in [0.717, 1.165) is 28.9 Å². The highest BCUT2D eigenvalue weighted by molar-refractivity contribution is 7.89. The van der Waals surface area contributed by atoms with Crippen LogP contribution in [-0.2, 0) is 22.0 Å². The van der Waals surface area contributed by atoms with Crippen molar-refractivity contribution in [3.05, 3.63) is 53.1 Å². The maximum absolute atomic E-state index is 14.6. The molecule has 0 saturated heterocycles. The fraction of sp³-hybridized carbons (Fsp3) is 0.421. The number of halogens is 1. The molecule has 1 fully saturated rings. The van der Waals surface area contributed by atoms with Gasteiger partial charge in [0.2, 0.25) is 16.0 Å². The summed E-state index contributed by atoms with van der Waals surface area (Å²) < 4.78 is 40.2. The zero-order chi connectivity index (χ0) is 21.7. The van der Waals surface area contributed by atoms with Gasteiger partial charge >= 0.3 is 0 Å². The van der Waals surface area contributed by atoms with E-state index in [1.165, 1.54) is 26.2 Å². The van der Waals surface area contributed by atoms with E-state index in [4.69, 9.17) is 5.73 Å². The number of nitrogens with zero attached hydrogens (tertiary/aromatic N) is 5. The summed E-state index contributed by atoms with van der Waals surface area (Å²) in [7, 11) is -2.50. The van der Waals surface area contributed by atoms with Crippen molar-refractivity contribution in [1.82, 2.24) is 19.3 Å². The van der Waals surface area contributed by atoms with Crippen LogP contribution in [0.4, 0.5) is 4.39 Å². The lowest BCUT2D eigenvalue weighted by atomic mass is 9.99. The van der Waals surface area contributed by atoms with Crippen molar-refractivity contribution >= 4 is 21.8 Å². The predicted octanol–water partition coefficient (Wildman–Crippen LogP) is 1.12. The maximum Gasteiger partial charge on any atom is 0.239 e. The van der Waals surface area contributed by atoms with E-state index in [0.29, 0.717) is 5.92 Å². The lowest BCUT2D eigenvalue weighted by Gasteiger charge is -2.33. The number of hydrogen-bond donors (Lipinski definition) is 1. The molecule has 0 bridgehead atoms. The van der Waals surface area contributed by atoms with Crippen LogP contribution in [0.3, 0.4) is 0 Å². The highest BCUT2D eigenvalue weighted by Crippen LogP contribution is 2.38. The van der Waals surface area contributed by atoms with Crippen LogP contribution < -0.4 is 5.73 Å². The molecule has 2 aromatic heterocycles. The van der Waals surface area contributed by atoms with Gasteiger partial charge in [-0.05, 0) is 31.9 Å². The number of carbonyl (C=O) groups is 1. The minimum absolute atomic E-state index is 0.132. The van der Waals surface area contributed by atoms with Crippen molar-refractivity contribution in [3.63, 3.8) is 0 Å². The Balaban J connectivity index is 1.61. The Labute approximate surface area is 173 Å². The first-order valence-corrected chi connectivity index (χ1v) is 11.0. The SMILES string of the molecule is CN1C(N)=N[C@](C)(c2nc(CC(=O)c3cnc(C4CC4)cn3)ccc2F)CS1(=O)=O. The molecular weight excluding hydrogens is 411 g/mol. The van der Waals surface area contributed by atoms with Crippen LogP contribution in [0.2, 0.25) is 0 Å². The molecule has 158 valence electrons. The van der Waals surface area contributed by atoms with Gasteiger partial charge in [-0.15, -0.1) is 0 Å². The van der Waals surface area contributed by atoms with Gasteiger partial charge in [0.05, 0.1) is 18.3 Å². The monoisotopic (exact) mass is 432 g/mol. The Hall–Kier alpha value is -2.95. The van der Waals surface area contributed by atoms with Crippen molar-refractivity contribution in [2.24, 2.45) is 10.7 Å². The van der Waals surface area contributed by atoms with E-state index in [9.17, 15) is 17.6 Å². The third-order valence-corrected chi connectivity index (χ3v) is 7.22. The van der Waals surface area contributed by atoms with Crippen molar-refractivity contribution in [2.45, 2.75) is 37.6 Å². The molecule has 11 heteroatoms. The van der Waals surface area contributed by atoms with Crippen LogP contribution in [0.5, 0.6) is 0 Å². The van der Waals surface area contributed by atoms with E-state index in [1.54, 1.807) is 6.20 Å². The van der Waals surface area contributed by atoms with Gasteiger partial charge in [-0.25, -0.2) is 27.1 Å². The largest absolute Gasteiger partial charge is 0.369 e. The summed E-state index contributed by atoms with van der Waals surface area (Å²) in [6.07, 6.45) is 5.09. The number of sulfonamides is 1. The third-order valence-electron chi connectivity index (χ3n) is 5.27. The first kappa shape index (κ1) is 20.3. The molecule has 1 aliphatic heterocycles. The smallest absolute Gasteiger partial charge is 0.239 e. The second kappa shape index (κ2) is 7.08. The second-order valence-corrected chi connectivity index (χ2v) is 9.80. The summed E-state index contributed by atoms with van der Waals surface area (Å²) in [6.45, 7) is 1.45. The molecule has 0 radical (unpaired) electrons. The van der Waals surface area contributed by atoms with Crippen LogP contribution >= 0.6 is 0 Å². The molecule has 0 aromatic carbocycles. The Morgan fingerprint density at radius 3 is 2.63 bits per heavy atom. The molecule has 0 amide bonds. The molecule has 2 N–H and O–H groups in total. The predicted molar refractivity (Wildman–Crippen MR) is 107 cm³/mol. The van der Waals surface area contributed by atoms with Crippen LogP contribution in [-0.4, -0.2) is 52.2 Å². The zero-order valence-electron chi connectivity index (χ0n) is 16.5. The van der Waals surface area contributed by atoms with Crippen LogP contribution in [0, 0.1) is 5.82 Å². The van der Waals surface area contributed by atoms with Gasteiger partial charge in [-0.2, -0.15) is 0 Å². The van der Waals surface area contributed by atoms with Crippen LogP contribution in [0.15, 0.2) is 29.5 Å². The molecule has 4 rings (SSSR count). The summed E-state index contributed by atoms with van der Waals surface area (Å²) in [5.74, 6) is -1.36. The molecule has 1 atom stereocenters. The fourth-order valence-corrected chi connectivity index (χ4v) is 4.79. The molecule has 1 aliphatic carbocycles. The maximum atomic E-state index is 14.6. The van der Waals surface area contributed by atoms with Crippen molar-refractivity contribution in [2.75, 3.05) is 12.8 Å². The van der Waals surface area contributed by atoms with Crippen LogP contribution in [0.25, 0.3) is 0 Å². The quantitative estimate of drug-likeness (QED) is 0.700. The van der Waals surface area contributed by atoms with Gasteiger partial charge in [0.1, 0.15) is 28.5 Å². The van der Waals surface area contributed by atoms with Gasteiger partial charge in [-0.3, -0.25) is 14.8 Å². The van der Waals surface area contributed by atoms with E-state index < -0.39 is 27.1 Å². The number of Topliss-reactive ketones (excluding diaryl/α,β-unsaturated/α-hetero) is 1. The highest BCUT2D eigenvalue weighted by atomic mass is 32.2. The molecule has 0 unspecified atom stereocenters. The summed E-state index contributed by atoms with van der Waals surface area (Å²) >= 11 is 0. The summed E-state index contributed by atoms with van der Waals surface area (Å²) in [6, 6.07) is 2.53. The number of aromatic nitrogens is 3. The number of ketones is 1. The summed E-state index contributed by atoms with van der Waals surface area (Å²) in [4.78, 5) is 29.4. The molecule has 30 heavy (non-hydrogen) atoms. The lowest BCUT2D eigenvalue weighted by molar-refractivity contribution is 0.0986. The number of guanidine groups is 1. The number of pyridine rings is 1. The lowest BCUT2D eigenvalue weighted by Crippen LogP contribution is -2.50. The second-order valence-electron chi connectivity index (χ2n) is 7.80. The number of aliphatic imine (C=N–C) groups is 1. The molecule has 1 saturated carbocycles. The standard InChI is InChI=1S/C19H21FN6O3S/c1-19(10-30(28,29)26(2)18(21)25-19)17-13(20)6-5-12(24-17)7-16(27)15-9-22-14(8-23-15)11-3-4-11/h5-6,8-9,11H,3-4,7,10H2,1-2H3,(H2,21,25)/t19-/m0/s1. The Morgan fingerprint density at radius 1 is 1.30 bits per heavy atom. The van der Waals surface area contributed by atoms with Gasteiger partial charge in [0.15, 0.2) is 5.78 Å². The Kier molecular flexibility index (Phi) is 4.80. The average molecular weight is 432 g/mol. The molecule has 2 aliphatic rings. The van der Waals surface area contributed by atoms with Crippen LogP contribution in [0.1, 0.15) is 53.3 Å².